The summed E-state index contributed by atoms with van der Waals surface area (Å²) in [5.74, 6) is 0. The fourth-order valence-electron chi connectivity index (χ4n) is 2.04. The third-order valence-corrected chi connectivity index (χ3v) is 4.24. The highest BCUT2D eigenvalue weighted by Crippen LogP contribution is 2.27. The Labute approximate surface area is 128 Å². The number of aryl methyl sites for hydroxylation is 2. The second-order valence-electron chi connectivity index (χ2n) is 4.90. The van der Waals surface area contributed by atoms with Crippen LogP contribution in [0.4, 0.5) is 0 Å². The molecule has 0 aliphatic heterocycles. The molecule has 0 aliphatic rings. The Bertz CT molecular complexity index is 713. The molecule has 0 fully saturated rings. The van der Waals surface area contributed by atoms with E-state index in [1.807, 2.05) is 17.6 Å². The lowest BCUT2D eigenvalue weighted by atomic mass is 10.0. The zero-order valence-electron chi connectivity index (χ0n) is 11.6. The quantitative estimate of drug-likeness (QED) is 0.788. The minimum absolute atomic E-state index is 0. The third kappa shape index (κ3) is 2.57. The van der Waals surface area contributed by atoms with E-state index in [-0.39, 0.29) is 18.4 Å². The van der Waals surface area contributed by atoms with E-state index in [0.29, 0.717) is 0 Å². The van der Waals surface area contributed by atoms with Gasteiger partial charge in [0, 0.05) is 5.56 Å². The van der Waals surface area contributed by atoms with Gasteiger partial charge in [0.2, 0.25) is 4.96 Å². The topological polar surface area (TPSA) is 56.2 Å². The van der Waals surface area contributed by atoms with Crippen molar-refractivity contribution in [2.75, 3.05) is 0 Å². The summed E-state index contributed by atoms with van der Waals surface area (Å²) in [4.78, 5) is 5.54. The summed E-state index contributed by atoms with van der Waals surface area (Å²) >= 11 is 1.55. The van der Waals surface area contributed by atoms with Gasteiger partial charge in [0.25, 0.3) is 0 Å². The summed E-state index contributed by atoms with van der Waals surface area (Å²) < 4.78 is 1.82. The SMILES string of the molecule is Cc1ccc(C)c(-c2cn3nc(C(C)N)sc3n2)c1.Cl. The van der Waals surface area contributed by atoms with Gasteiger partial charge < -0.3 is 5.73 Å². The van der Waals surface area contributed by atoms with E-state index in [0.717, 1.165) is 15.7 Å². The van der Waals surface area contributed by atoms with Gasteiger partial charge in [-0.25, -0.2) is 9.50 Å². The van der Waals surface area contributed by atoms with Gasteiger partial charge in [0.1, 0.15) is 5.01 Å². The molecule has 3 aromatic rings. The molecule has 4 nitrogen and oxygen atoms in total. The van der Waals surface area contributed by atoms with Crippen LogP contribution >= 0.6 is 23.7 Å². The van der Waals surface area contributed by atoms with Gasteiger partial charge in [-0.1, -0.05) is 29.0 Å². The maximum absolute atomic E-state index is 5.84. The molecule has 0 amide bonds. The van der Waals surface area contributed by atoms with Crippen LogP contribution in [-0.4, -0.2) is 14.6 Å². The summed E-state index contributed by atoms with van der Waals surface area (Å²) in [5.41, 5.74) is 10.4. The zero-order valence-corrected chi connectivity index (χ0v) is 13.3. The van der Waals surface area contributed by atoms with Gasteiger partial charge in [-0.05, 0) is 32.4 Å². The summed E-state index contributed by atoms with van der Waals surface area (Å²) in [6.07, 6.45) is 1.97. The van der Waals surface area contributed by atoms with Crippen LogP contribution in [0.1, 0.15) is 29.1 Å². The summed E-state index contributed by atoms with van der Waals surface area (Å²) in [6, 6.07) is 6.35. The van der Waals surface area contributed by atoms with Crippen LogP contribution in [0.3, 0.4) is 0 Å². The van der Waals surface area contributed by atoms with Crippen molar-refractivity contribution in [3.8, 4) is 11.3 Å². The van der Waals surface area contributed by atoms with Crippen molar-refractivity contribution in [3.63, 3.8) is 0 Å². The van der Waals surface area contributed by atoms with Crippen LogP contribution in [-0.2, 0) is 0 Å². The lowest BCUT2D eigenvalue weighted by Crippen LogP contribution is -2.04. The zero-order chi connectivity index (χ0) is 13.6. The maximum Gasteiger partial charge on any atom is 0.212 e. The summed E-state index contributed by atoms with van der Waals surface area (Å²) in [6.45, 7) is 6.13. The van der Waals surface area contributed by atoms with Crippen molar-refractivity contribution in [2.45, 2.75) is 26.8 Å². The molecule has 3 rings (SSSR count). The summed E-state index contributed by atoms with van der Waals surface area (Å²) in [5, 5.41) is 5.37. The number of halogens is 1. The van der Waals surface area contributed by atoms with E-state index in [2.05, 4.69) is 42.1 Å². The van der Waals surface area contributed by atoms with E-state index < -0.39 is 0 Å². The number of nitrogens with zero attached hydrogens (tertiary/aromatic N) is 3. The Kier molecular flexibility index (Phi) is 4.13. The second-order valence-corrected chi connectivity index (χ2v) is 5.89. The van der Waals surface area contributed by atoms with E-state index in [9.17, 15) is 0 Å². The molecule has 106 valence electrons. The summed E-state index contributed by atoms with van der Waals surface area (Å²) in [7, 11) is 0. The molecule has 2 heterocycles. The second kappa shape index (κ2) is 5.52. The van der Waals surface area contributed by atoms with Gasteiger partial charge in [0.15, 0.2) is 0 Å². The monoisotopic (exact) mass is 308 g/mol. The van der Waals surface area contributed by atoms with Crippen molar-refractivity contribution in [2.24, 2.45) is 5.73 Å². The normalized spacial score (nSPS) is 12.4. The Balaban J connectivity index is 0.00000147. The minimum Gasteiger partial charge on any atom is -0.322 e. The minimum atomic E-state index is -0.0455. The van der Waals surface area contributed by atoms with E-state index in [1.165, 1.54) is 16.7 Å². The highest BCUT2D eigenvalue weighted by Gasteiger charge is 2.13. The average molecular weight is 309 g/mol. The third-order valence-electron chi connectivity index (χ3n) is 3.12. The first kappa shape index (κ1) is 15.0. The molecule has 0 saturated heterocycles. The van der Waals surface area contributed by atoms with Crippen molar-refractivity contribution >= 4 is 28.7 Å². The predicted molar refractivity (Wildman–Crippen MR) is 85.6 cm³/mol. The number of hydrogen-bond acceptors (Lipinski definition) is 4. The molecule has 0 spiro atoms. The van der Waals surface area contributed by atoms with E-state index >= 15 is 0 Å². The van der Waals surface area contributed by atoms with Crippen molar-refractivity contribution in [3.05, 3.63) is 40.5 Å². The average Bonchev–Trinajstić information content (AvgIpc) is 2.89. The number of fused-ring (bicyclic) bond motifs is 1. The van der Waals surface area contributed by atoms with Crippen LogP contribution in [0.2, 0.25) is 0 Å². The van der Waals surface area contributed by atoms with Gasteiger partial charge >= 0.3 is 0 Å². The lowest BCUT2D eigenvalue weighted by molar-refractivity contribution is 0.769. The molecule has 1 unspecified atom stereocenters. The fourth-order valence-corrected chi connectivity index (χ4v) is 2.87. The smallest absolute Gasteiger partial charge is 0.212 e. The van der Waals surface area contributed by atoms with Crippen LogP contribution in [0.25, 0.3) is 16.2 Å². The highest BCUT2D eigenvalue weighted by atomic mass is 35.5. The number of aromatic nitrogens is 3. The van der Waals surface area contributed by atoms with Crippen molar-refractivity contribution in [1.29, 1.82) is 0 Å². The molecule has 2 aromatic heterocycles. The number of rotatable bonds is 2. The first-order chi connectivity index (χ1) is 9.04. The van der Waals surface area contributed by atoms with Crippen molar-refractivity contribution in [1.82, 2.24) is 14.6 Å². The molecule has 0 aliphatic carbocycles. The molecule has 20 heavy (non-hydrogen) atoms. The van der Waals surface area contributed by atoms with Gasteiger partial charge in [0.05, 0.1) is 17.9 Å². The van der Waals surface area contributed by atoms with E-state index in [4.69, 9.17) is 5.73 Å². The number of benzene rings is 1. The van der Waals surface area contributed by atoms with Gasteiger partial charge in [-0.15, -0.1) is 12.4 Å². The Morgan fingerprint density at radius 3 is 2.70 bits per heavy atom. The Morgan fingerprint density at radius 1 is 1.30 bits per heavy atom. The number of imidazole rings is 1. The van der Waals surface area contributed by atoms with Gasteiger partial charge in [-0.3, -0.25) is 0 Å². The van der Waals surface area contributed by atoms with Crippen LogP contribution in [0.15, 0.2) is 24.4 Å². The molecule has 1 aromatic carbocycles. The maximum atomic E-state index is 5.84. The molecule has 6 heteroatoms. The van der Waals surface area contributed by atoms with Crippen LogP contribution < -0.4 is 5.73 Å². The molecule has 0 radical (unpaired) electrons. The Morgan fingerprint density at radius 2 is 2.05 bits per heavy atom. The fraction of sp³-hybridized carbons (Fsp3) is 0.286. The van der Waals surface area contributed by atoms with Crippen molar-refractivity contribution < 1.29 is 0 Å². The standard InChI is InChI=1S/C14H16N4S.ClH/c1-8-4-5-9(2)11(6-8)12-7-18-14(16-12)19-13(17-18)10(3)15;/h4-7,10H,15H2,1-3H3;1H. The largest absolute Gasteiger partial charge is 0.322 e. The molecule has 1 atom stereocenters. The lowest BCUT2D eigenvalue weighted by Gasteiger charge is -2.03. The first-order valence-electron chi connectivity index (χ1n) is 6.24. The number of nitrogens with two attached hydrogens (primary N) is 1. The Hall–Kier alpha value is -1.43. The first-order valence-corrected chi connectivity index (χ1v) is 7.05. The van der Waals surface area contributed by atoms with Crippen LogP contribution in [0.5, 0.6) is 0 Å². The van der Waals surface area contributed by atoms with Gasteiger partial charge in [-0.2, -0.15) is 5.10 Å². The van der Waals surface area contributed by atoms with Crippen LogP contribution in [0, 0.1) is 13.8 Å². The molecule has 2 N–H and O–H groups in total. The highest BCUT2D eigenvalue weighted by molar-refractivity contribution is 7.16. The predicted octanol–water partition coefficient (Wildman–Crippen LogP) is 3.52. The molecular formula is C14H17ClN4S. The molecule has 0 bridgehead atoms. The van der Waals surface area contributed by atoms with E-state index in [1.54, 1.807) is 11.3 Å². The molecule has 0 saturated carbocycles. The molecular weight excluding hydrogens is 292 g/mol. The number of hydrogen-bond donors (Lipinski definition) is 1.